The van der Waals surface area contributed by atoms with Gasteiger partial charge in [-0.3, -0.25) is 4.79 Å². The predicted molar refractivity (Wildman–Crippen MR) is 116 cm³/mol. The second kappa shape index (κ2) is 8.28. The Hall–Kier alpha value is -2.57. The average molecular weight is 408 g/mol. The fourth-order valence-electron chi connectivity index (χ4n) is 5.00. The number of morpholine rings is 1. The number of fused-ring (bicyclic) bond motifs is 3. The molecule has 2 aromatic carbocycles. The van der Waals surface area contributed by atoms with Gasteiger partial charge in [0.25, 0.3) is 5.91 Å². The first-order valence-corrected chi connectivity index (χ1v) is 11.0. The molecule has 0 bridgehead atoms. The molecule has 0 radical (unpaired) electrons. The van der Waals surface area contributed by atoms with Crippen LogP contribution in [0, 0.1) is 5.92 Å². The van der Waals surface area contributed by atoms with Crippen molar-refractivity contribution in [2.75, 3.05) is 44.8 Å². The van der Waals surface area contributed by atoms with E-state index in [-0.39, 0.29) is 18.0 Å². The molecule has 30 heavy (non-hydrogen) atoms. The van der Waals surface area contributed by atoms with E-state index in [0.29, 0.717) is 38.8 Å². The van der Waals surface area contributed by atoms with Gasteiger partial charge in [0.05, 0.1) is 25.9 Å². The van der Waals surface area contributed by atoms with E-state index in [1.54, 1.807) is 0 Å². The Morgan fingerprint density at radius 3 is 2.70 bits per heavy atom. The third-order valence-electron chi connectivity index (χ3n) is 6.49. The molecule has 1 amide bonds. The van der Waals surface area contributed by atoms with Gasteiger partial charge in [-0.05, 0) is 61.3 Å². The number of amides is 1. The molecular formula is C24H29N3O3. The summed E-state index contributed by atoms with van der Waals surface area (Å²) < 4.78 is 11.0. The first-order chi connectivity index (χ1) is 14.7. The third kappa shape index (κ3) is 3.55. The SMILES string of the molecule is CCOc1ccc(C2Nc3ccc(C(=O)N4CCOCC4)cc3C3NCCC23)cc1. The summed E-state index contributed by atoms with van der Waals surface area (Å²) in [4.78, 5) is 14.9. The zero-order chi connectivity index (χ0) is 20.5. The topological polar surface area (TPSA) is 62.8 Å². The highest BCUT2D eigenvalue weighted by atomic mass is 16.5. The van der Waals surface area contributed by atoms with Gasteiger partial charge in [-0.2, -0.15) is 0 Å². The minimum atomic E-state index is 0.101. The van der Waals surface area contributed by atoms with Gasteiger partial charge < -0.3 is 25.0 Å². The summed E-state index contributed by atoms with van der Waals surface area (Å²) in [5.74, 6) is 1.46. The zero-order valence-corrected chi connectivity index (χ0v) is 17.4. The van der Waals surface area contributed by atoms with Gasteiger partial charge in [0, 0.05) is 36.3 Å². The van der Waals surface area contributed by atoms with E-state index >= 15 is 0 Å². The van der Waals surface area contributed by atoms with Crippen LogP contribution in [0.1, 0.15) is 46.9 Å². The smallest absolute Gasteiger partial charge is 0.254 e. The maximum absolute atomic E-state index is 13.0. The van der Waals surface area contributed by atoms with Crippen LogP contribution in [0.3, 0.4) is 0 Å². The van der Waals surface area contributed by atoms with E-state index < -0.39 is 0 Å². The van der Waals surface area contributed by atoms with Crippen LogP contribution >= 0.6 is 0 Å². The summed E-state index contributed by atoms with van der Waals surface area (Å²) in [5, 5.41) is 7.44. The van der Waals surface area contributed by atoms with E-state index in [1.807, 2.05) is 17.9 Å². The van der Waals surface area contributed by atoms with Gasteiger partial charge in [-0.25, -0.2) is 0 Å². The number of carbonyl (C=O) groups excluding carboxylic acids is 1. The lowest BCUT2D eigenvalue weighted by Gasteiger charge is -2.37. The maximum Gasteiger partial charge on any atom is 0.254 e. The second-order valence-corrected chi connectivity index (χ2v) is 8.21. The lowest BCUT2D eigenvalue weighted by molar-refractivity contribution is 0.0303. The van der Waals surface area contributed by atoms with E-state index in [0.717, 1.165) is 30.0 Å². The molecule has 2 N–H and O–H groups in total. The first kappa shape index (κ1) is 19.4. The number of nitrogens with one attached hydrogen (secondary N) is 2. The molecule has 3 aliphatic rings. The van der Waals surface area contributed by atoms with Crippen molar-refractivity contribution in [1.29, 1.82) is 0 Å². The number of ether oxygens (including phenoxy) is 2. The van der Waals surface area contributed by atoms with Crippen molar-refractivity contribution in [2.45, 2.75) is 25.4 Å². The van der Waals surface area contributed by atoms with E-state index in [9.17, 15) is 4.79 Å². The van der Waals surface area contributed by atoms with E-state index in [2.05, 4.69) is 47.0 Å². The fourth-order valence-corrected chi connectivity index (χ4v) is 5.00. The molecule has 6 heteroatoms. The molecule has 2 aromatic rings. The van der Waals surface area contributed by atoms with Crippen LogP contribution in [0.25, 0.3) is 0 Å². The van der Waals surface area contributed by atoms with Gasteiger partial charge in [-0.15, -0.1) is 0 Å². The molecule has 3 atom stereocenters. The fraction of sp³-hybridized carbons (Fsp3) is 0.458. The van der Waals surface area contributed by atoms with Crippen LogP contribution in [0.15, 0.2) is 42.5 Å². The average Bonchev–Trinajstić information content (AvgIpc) is 3.29. The van der Waals surface area contributed by atoms with Crippen molar-refractivity contribution in [2.24, 2.45) is 5.92 Å². The van der Waals surface area contributed by atoms with Gasteiger partial charge >= 0.3 is 0 Å². The van der Waals surface area contributed by atoms with Crippen molar-refractivity contribution in [3.8, 4) is 5.75 Å². The van der Waals surface area contributed by atoms with Crippen LogP contribution < -0.4 is 15.4 Å². The Morgan fingerprint density at radius 1 is 1.13 bits per heavy atom. The number of carbonyl (C=O) groups is 1. The van der Waals surface area contributed by atoms with Crippen molar-refractivity contribution >= 4 is 11.6 Å². The largest absolute Gasteiger partial charge is 0.494 e. The molecule has 3 heterocycles. The maximum atomic E-state index is 13.0. The highest BCUT2D eigenvalue weighted by molar-refractivity contribution is 5.95. The summed E-state index contributed by atoms with van der Waals surface area (Å²) >= 11 is 0. The number of nitrogens with zero attached hydrogens (tertiary/aromatic N) is 1. The number of rotatable bonds is 4. The standard InChI is InChI=1S/C24H29N3O3/c1-2-30-18-6-3-16(4-7-18)22-19-9-10-25-23(19)20-15-17(5-8-21(20)26-22)24(28)27-11-13-29-14-12-27/h3-8,15,19,22-23,25-26H,2,9-14H2,1H3. The summed E-state index contributed by atoms with van der Waals surface area (Å²) in [5.41, 5.74) is 4.36. The molecule has 6 nitrogen and oxygen atoms in total. The number of hydrogen-bond acceptors (Lipinski definition) is 5. The predicted octanol–water partition coefficient (Wildman–Crippen LogP) is 3.38. The Kier molecular flexibility index (Phi) is 5.35. The van der Waals surface area contributed by atoms with Crippen molar-refractivity contribution in [3.63, 3.8) is 0 Å². The Morgan fingerprint density at radius 2 is 1.93 bits per heavy atom. The summed E-state index contributed by atoms with van der Waals surface area (Å²) in [7, 11) is 0. The van der Waals surface area contributed by atoms with Gasteiger partial charge in [-0.1, -0.05) is 12.1 Å². The quantitative estimate of drug-likeness (QED) is 0.814. The van der Waals surface area contributed by atoms with Crippen LogP contribution in [-0.4, -0.2) is 50.3 Å². The Bertz CT molecular complexity index is 908. The Balaban J connectivity index is 1.42. The number of hydrogen-bond donors (Lipinski definition) is 2. The summed E-state index contributed by atoms with van der Waals surface area (Å²) in [6, 6.07) is 15.1. The molecule has 3 aliphatic heterocycles. The highest BCUT2D eigenvalue weighted by Crippen LogP contribution is 2.47. The van der Waals surface area contributed by atoms with E-state index in [1.165, 1.54) is 11.1 Å². The molecule has 158 valence electrons. The van der Waals surface area contributed by atoms with Crippen LogP contribution in [0.2, 0.25) is 0 Å². The number of benzene rings is 2. The molecule has 2 saturated heterocycles. The molecule has 0 aliphatic carbocycles. The molecule has 2 fully saturated rings. The Labute approximate surface area is 177 Å². The minimum absolute atomic E-state index is 0.101. The first-order valence-electron chi connectivity index (χ1n) is 11.0. The summed E-state index contributed by atoms with van der Waals surface area (Å²) in [6.45, 7) is 6.24. The van der Waals surface area contributed by atoms with Crippen molar-refractivity contribution in [1.82, 2.24) is 10.2 Å². The van der Waals surface area contributed by atoms with Gasteiger partial charge in [0.1, 0.15) is 5.75 Å². The monoisotopic (exact) mass is 407 g/mol. The molecule has 0 spiro atoms. The molecule has 5 rings (SSSR count). The van der Waals surface area contributed by atoms with E-state index in [4.69, 9.17) is 9.47 Å². The van der Waals surface area contributed by atoms with Crippen molar-refractivity contribution < 1.29 is 14.3 Å². The second-order valence-electron chi connectivity index (χ2n) is 8.21. The lowest BCUT2D eigenvalue weighted by atomic mass is 9.80. The van der Waals surface area contributed by atoms with Crippen molar-refractivity contribution in [3.05, 3.63) is 59.2 Å². The molecule has 3 unspecified atom stereocenters. The van der Waals surface area contributed by atoms with Gasteiger partial charge in [0.2, 0.25) is 0 Å². The van der Waals surface area contributed by atoms with Crippen LogP contribution in [-0.2, 0) is 4.74 Å². The molecule has 0 saturated carbocycles. The normalized spacial score (nSPS) is 25.2. The minimum Gasteiger partial charge on any atom is -0.494 e. The van der Waals surface area contributed by atoms with Crippen LogP contribution in [0.5, 0.6) is 5.75 Å². The zero-order valence-electron chi connectivity index (χ0n) is 17.4. The van der Waals surface area contributed by atoms with Gasteiger partial charge in [0.15, 0.2) is 0 Å². The van der Waals surface area contributed by atoms with Crippen LogP contribution in [0.4, 0.5) is 5.69 Å². The third-order valence-corrected chi connectivity index (χ3v) is 6.49. The summed E-state index contributed by atoms with van der Waals surface area (Å²) in [6.07, 6.45) is 1.11. The molecule has 0 aromatic heterocycles. The lowest BCUT2D eigenvalue weighted by Crippen LogP contribution is -2.41. The number of anilines is 1. The molecular weight excluding hydrogens is 378 g/mol. The highest BCUT2D eigenvalue weighted by Gasteiger charge is 2.40.